The van der Waals surface area contributed by atoms with Crippen molar-refractivity contribution in [3.63, 3.8) is 0 Å². The molecule has 0 N–H and O–H groups in total. The van der Waals surface area contributed by atoms with E-state index in [0.29, 0.717) is 12.3 Å². The minimum absolute atomic E-state index is 0.0854. The Labute approximate surface area is 181 Å². The average Bonchev–Trinajstić information content (AvgIpc) is 2.78. The van der Waals surface area contributed by atoms with E-state index >= 15 is 0 Å². The Balaban J connectivity index is 1.57. The summed E-state index contributed by atoms with van der Waals surface area (Å²) in [7, 11) is 5.60. The summed E-state index contributed by atoms with van der Waals surface area (Å²) in [5.74, 6) is -0.485. The molecule has 0 bridgehead atoms. The SMILES string of the molecule is CN(Cc1ccc(N(C)C)cc1)C(=O)COC(=O)c1cccnc1Oc1cccnc1. The van der Waals surface area contributed by atoms with E-state index in [-0.39, 0.29) is 24.0 Å². The minimum atomic E-state index is -0.691. The van der Waals surface area contributed by atoms with Crippen molar-refractivity contribution in [2.24, 2.45) is 0 Å². The van der Waals surface area contributed by atoms with Gasteiger partial charge in [-0.25, -0.2) is 9.78 Å². The third-order valence-corrected chi connectivity index (χ3v) is 4.46. The molecule has 2 heterocycles. The minimum Gasteiger partial charge on any atom is -0.452 e. The van der Waals surface area contributed by atoms with Crippen LogP contribution in [0.4, 0.5) is 5.69 Å². The number of carbonyl (C=O) groups excluding carboxylic acids is 2. The van der Waals surface area contributed by atoms with Gasteiger partial charge in [0.2, 0.25) is 5.88 Å². The van der Waals surface area contributed by atoms with Crippen LogP contribution < -0.4 is 9.64 Å². The van der Waals surface area contributed by atoms with Gasteiger partial charge in [0, 0.05) is 45.8 Å². The summed E-state index contributed by atoms with van der Waals surface area (Å²) in [4.78, 5) is 36.5. The molecule has 8 heteroatoms. The summed E-state index contributed by atoms with van der Waals surface area (Å²) in [5, 5.41) is 0. The molecule has 160 valence electrons. The maximum atomic E-state index is 12.5. The lowest BCUT2D eigenvalue weighted by Crippen LogP contribution is -2.30. The second-order valence-electron chi connectivity index (χ2n) is 7.03. The maximum Gasteiger partial charge on any atom is 0.344 e. The van der Waals surface area contributed by atoms with Crippen LogP contribution in [0.3, 0.4) is 0 Å². The van der Waals surface area contributed by atoms with E-state index in [1.807, 2.05) is 43.3 Å². The molecule has 31 heavy (non-hydrogen) atoms. The Bertz CT molecular complexity index is 1020. The van der Waals surface area contributed by atoms with Gasteiger partial charge in [-0.3, -0.25) is 9.78 Å². The molecule has 0 aliphatic rings. The van der Waals surface area contributed by atoms with Crippen LogP contribution in [0.5, 0.6) is 11.6 Å². The van der Waals surface area contributed by atoms with Gasteiger partial charge in [-0.05, 0) is 42.0 Å². The van der Waals surface area contributed by atoms with E-state index in [1.54, 1.807) is 31.4 Å². The Morgan fingerprint density at radius 3 is 2.39 bits per heavy atom. The molecule has 0 saturated heterocycles. The van der Waals surface area contributed by atoms with Crippen LogP contribution in [0, 0.1) is 0 Å². The second kappa shape index (κ2) is 10.2. The summed E-state index contributed by atoms with van der Waals surface area (Å²) in [6.07, 6.45) is 4.62. The third kappa shape index (κ3) is 6.02. The van der Waals surface area contributed by atoms with Crippen molar-refractivity contribution in [2.45, 2.75) is 6.54 Å². The normalized spacial score (nSPS) is 10.3. The van der Waals surface area contributed by atoms with Crippen molar-refractivity contribution in [3.05, 3.63) is 78.2 Å². The summed E-state index contributed by atoms with van der Waals surface area (Å²) in [6.45, 7) is 0.0265. The number of esters is 1. The van der Waals surface area contributed by atoms with Crippen molar-refractivity contribution in [3.8, 4) is 11.6 Å². The zero-order chi connectivity index (χ0) is 22.2. The van der Waals surface area contributed by atoms with Crippen LogP contribution in [-0.4, -0.2) is 54.5 Å². The fourth-order valence-corrected chi connectivity index (χ4v) is 2.72. The molecule has 0 saturated carbocycles. The number of hydrogen-bond donors (Lipinski definition) is 0. The average molecular weight is 420 g/mol. The van der Waals surface area contributed by atoms with Crippen molar-refractivity contribution < 1.29 is 19.1 Å². The first-order valence-corrected chi connectivity index (χ1v) is 9.64. The van der Waals surface area contributed by atoms with Crippen LogP contribution >= 0.6 is 0 Å². The van der Waals surface area contributed by atoms with Gasteiger partial charge in [-0.2, -0.15) is 0 Å². The Hall–Kier alpha value is -3.94. The topological polar surface area (TPSA) is 84.9 Å². The molecule has 0 fully saturated rings. The number of likely N-dealkylation sites (N-methyl/N-ethyl adjacent to an activating group) is 1. The molecule has 0 atom stereocenters. The summed E-state index contributed by atoms with van der Waals surface area (Å²) < 4.78 is 10.8. The fourth-order valence-electron chi connectivity index (χ4n) is 2.72. The van der Waals surface area contributed by atoms with Crippen LogP contribution in [0.25, 0.3) is 0 Å². The maximum absolute atomic E-state index is 12.5. The summed E-state index contributed by atoms with van der Waals surface area (Å²) >= 11 is 0. The van der Waals surface area contributed by atoms with E-state index in [2.05, 4.69) is 9.97 Å². The number of carbonyl (C=O) groups is 2. The predicted molar refractivity (Wildman–Crippen MR) is 116 cm³/mol. The highest BCUT2D eigenvalue weighted by molar-refractivity contribution is 5.93. The number of amides is 1. The number of aromatic nitrogens is 2. The molecule has 0 aliphatic carbocycles. The Morgan fingerprint density at radius 2 is 1.71 bits per heavy atom. The van der Waals surface area contributed by atoms with Crippen molar-refractivity contribution >= 4 is 17.6 Å². The van der Waals surface area contributed by atoms with E-state index in [0.717, 1.165) is 11.3 Å². The highest BCUT2D eigenvalue weighted by Gasteiger charge is 2.18. The zero-order valence-corrected chi connectivity index (χ0v) is 17.7. The molecule has 0 spiro atoms. The summed E-state index contributed by atoms with van der Waals surface area (Å²) in [6, 6.07) is 14.4. The number of hydrogen-bond acceptors (Lipinski definition) is 7. The lowest BCUT2D eigenvalue weighted by atomic mass is 10.2. The molecular formula is C23H24N4O4. The number of anilines is 1. The molecule has 8 nitrogen and oxygen atoms in total. The molecule has 1 aromatic carbocycles. The number of benzene rings is 1. The fraction of sp³-hybridized carbons (Fsp3) is 0.217. The molecule has 1 amide bonds. The third-order valence-electron chi connectivity index (χ3n) is 4.46. The first-order valence-electron chi connectivity index (χ1n) is 9.64. The number of rotatable bonds is 8. The van der Waals surface area contributed by atoms with Crippen molar-refractivity contribution in [1.29, 1.82) is 0 Å². The van der Waals surface area contributed by atoms with Crippen molar-refractivity contribution in [2.75, 3.05) is 32.6 Å². The van der Waals surface area contributed by atoms with Crippen LogP contribution in [0.15, 0.2) is 67.1 Å². The van der Waals surface area contributed by atoms with Gasteiger partial charge < -0.3 is 19.3 Å². The van der Waals surface area contributed by atoms with Crippen molar-refractivity contribution in [1.82, 2.24) is 14.9 Å². The largest absolute Gasteiger partial charge is 0.452 e. The van der Waals surface area contributed by atoms with Gasteiger partial charge >= 0.3 is 5.97 Å². The summed E-state index contributed by atoms with van der Waals surface area (Å²) in [5.41, 5.74) is 2.18. The molecule has 0 unspecified atom stereocenters. The molecule has 2 aromatic heterocycles. The zero-order valence-electron chi connectivity index (χ0n) is 17.7. The van der Waals surface area contributed by atoms with Gasteiger partial charge in [-0.1, -0.05) is 12.1 Å². The quantitative estimate of drug-likeness (QED) is 0.518. The highest BCUT2D eigenvalue weighted by atomic mass is 16.5. The smallest absolute Gasteiger partial charge is 0.344 e. The first-order chi connectivity index (χ1) is 14.9. The van der Waals surface area contributed by atoms with E-state index in [4.69, 9.17) is 9.47 Å². The highest BCUT2D eigenvalue weighted by Crippen LogP contribution is 2.22. The molecule has 0 aliphatic heterocycles. The number of ether oxygens (including phenoxy) is 2. The molecular weight excluding hydrogens is 396 g/mol. The predicted octanol–water partition coefficient (Wildman–Crippen LogP) is 3.15. The van der Waals surface area contributed by atoms with Gasteiger partial charge in [0.25, 0.3) is 5.91 Å². The number of nitrogens with zero attached hydrogens (tertiary/aromatic N) is 4. The monoisotopic (exact) mass is 420 g/mol. The lowest BCUT2D eigenvalue weighted by Gasteiger charge is -2.18. The Morgan fingerprint density at radius 1 is 0.968 bits per heavy atom. The first kappa shape index (κ1) is 21.8. The van der Waals surface area contributed by atoms with Gasteiger partial charge in [0.15, 0.2) is 6.61 Å². The van der Waals surface area contributed by atoms with Crippen LogP contribution in [0.1, 0.15) is 15.9 Å². The molecule has 3 aromatic rings. The Kier molecular flexibility index (Phi) is 7.16. The van der Waals surface area contributed by atoms with Gasteiger partial charge in [-0.15, -0.1) is 0 Å². The number of pyridine rings is 2. The lowest BCUT2D eigenvalue weighted by molar-refractivity contribution is -0.133. The van der Waals surface area contributed by atoms with Gasteiger partial charge in [0.05, 0.1) is 6.20 Å². The second-order valence-corrected chi connectivity index (χ2v) is 7.03. The molecule has 3 rings (SSSR count). The van der Waals surface area contributed by atoms with Crippen LogP contribution in [-0.2, 0) is 16.1 Å². The van der Waals surface area contributed by atoms with Crippen LogP contribution in [0.2, 0.25) is 0 Å². The standard InChI is InChI=1S/C23H24N4O4/c1-26(2)18-10-8-17(9-11-18)15-27(3)21(28)16-30-23(29)20-7-5-13-25-22(20)31-19-6-4-12-24-14-19/h4-14H,15-16H2,1-3H3. The van der Waals surface area contributed by atoms with E-state index < -0.39 is 5.97 Å². The van der Waals surface area contributed by atoms with E-state index in [9.17, 15) is 9.59 Å². The van der Waals surface area contributed by atoms with E-state index in [1.165, 1.54) is 23.4 Å². The molecule has 0 radical (unpaired) electrons. The van der Waals surface area contributed by atoms with Gasteiger partial charge in [0.1, 0.15) is 11.3 Å².